The average molecular weight is 293 g/mol. The van der Waals surface area contributed by atoms with Crippen molar-refractivity contribution in [2.24, 2.45) is 5.92 Å². The maximum atomic E-state index is 12.3. The summed E-state index contributed by atoms with van der Waals surface area (Å²) in [6.45, 7) is 6.51. The van der Waals surface area contributed by atoms with Crippen LogP contribution >= 0.6 is 11.3 Å². The first kappa shape index (κ1) is 14.1. The lowest BCUT2D eigenvalue weighted by atomic mass is 9.86. The van der Waals surface area contributed by atoms with E-state index in [0.29, 0.717) is 0 Å². The minimum atomic E-state index is 0.232. The first-order valence-electron chi connectivity index (χ1n) is 7.91. The largest absolute Gasteiger partial charge is 0.330 e. The number of piperazine rings is 1. The fourth-order valence-corrected chi connectivity index (χ4v) is 4.46. The van der Waals surface area contributed by atoms with Gasteiger partial charge in [-0.25, -0.2) is 0 Å². The van der Waals surface area contributed by atoms with Crippen molar-refractivity contribution < 1.29 is 9.69 Å². The SMILES string of the molecule is C[C@@H]1CCC[C@@H]([NH+]2CCN(C(=O)c3cccs3)CC2)C1. The highest BCUT2D eigenvalue weighted by Crippen LogP contribution is 2.22. The van der Waals surface area contributed by atoms with Crippen LogP contribution in [0.1, 0.15) is 42.3 Å². The zero-order chi connectivity index (χ0) is 13.9. The van der Waals surface area contributed by atoms with Crippen molar-refractivity contribution in [2.75, 3.05) is 26.2 Å². The predicted molar refractivity (Wildman–Crippen MR) is 82.3 cm³/mol. The van der Waals surface area contributed by atoms with Crippen LogP contribution in [-0.4, -0.2) is 43.0 Å². The Balaban J connectivity index is 1.53. The van der Waals surface area contributed by atoms with Gasteiger partial charge in [-0.15, -0.1) is 11.3 Å². The molecule has 2 heterocycles. The van der Waals surface area contributed by atoms with Crippen molar-refractivity contribution in [3.8, 4) is 0 Å². The number of quaternary nitrogens is 1. The molecule has 1 N–H and O–H groups in total. The van der Waals surface area contributed by atoms with E-state index in [4.69, 9.17) is 0 Å². The molecule has 0 bridgehead atoms. The Hall–Kier alpha value is -0.870. The van der Waals surface area contributed by atoms with E-state index in [1.165, 1.54) is 25.7 Å². The van der Waals surface area contributed by atoms with Gasteiger partial charge in [0.2, 0.25) is 0 Å². The number of nitrogens with zero attached hydrogens (tertiary/aromatic N) is 1. The van der Waals surface area contributed by atoms with E-state index >= 15 is 0 Å². The molecule has 110 valence electrons. The smallest absolute Gasteiger partial charge is 0.264 e. The number of hydrogen-bond donors (Lipinski definition) is 1. The maximum Gasteiger partial charge on any atom is 0.264 e. The molecule has 2 fully saturated rings. The van der Waals surface area contributed by atoms with Crippen LogP contribution in [0.4, 0.5) is 0 Å². The standard InChI is InChI=1S/C16H24N2OS/c1-13-4-2-5-14(12-13)17-7-9-18(10-8-17)16(19)15-6-3-11-20-15/h3,6,11,13-14H,2,4-5,7-10,12H2,1H3/p+1/t13-,14-/m1/s1. The molecule has 1 amide bonds. The van der Waals surface area contributed by atoms with Crippen LogP contribution in [0.25, 0.3) is 0 Å². The molecule has 20 heavy (non-hydrogen) atoms. The topological polar surface area (TPSA) is 24.8 Å². The molecule has 1 aliphatic carbocycles. The Morgan fingerprint density at radius 2 is 2.15 bits per heavy atom. The second-order valence-corrected chi connectivity index (χ2v) is 7.34. The number of rotatable bonds is 2. The molecule has 1 aromatic rings. The van der Waals surface area contributed by atoms with Crippen LogP contribution in [-0.2, 0) is 0 Å². The molecule has 4 heteroatoms. The van der Waals surface area contributed by atoms with Gasteiger partial charge in [-0.05, 0) is 30.2 Å². The Kier molecular flexibility index (Phi) is 4.41. The Morgan fingerprint density at radius 1 is 1.35 bits per heavy atom. The lowest BCUT2D eigenvalue weighted by molar-refractivity contribution is -0.930. The summed E-state index contributed by atoms with van der Waals surface area (Å²) in [7, 11) is 0. The van der Waals surface area contributed by atoms with Gasteiger partial charge in [0.1, 0.15) is 0 Å². The summed E-state index contributed by atoms with van der Waals surface area (Å²) in [5.41, 5.74) is 0. The van der Waals surface area contributed by atoms with Crippen LogP contribution < -0.4 is 4.90 Å². The molecule has 1 aliphatic heterocycles. The van der Waals surface area contributed by atoms with Crippen LogP contribution in [0.3, 0.4) is 0 Å². The highest BCUT2D eigenvalue weighted by molar-refractivity contribution is 7.12. The van der Waals surface area contributed by atoms with E-state index in [9.17, 15) is 4.79 Å². The van der Waals surface area contributed by atoms with Crippen LogP contribution in [0, 0.1) is 5.92 Å². The molecule has 3 nitrogen and oxygen atoms in total. The summed E-state index contributed by atoms with van der Waals surface area (Å²) in [6.07, 6.45) is 5.58. The van der Waals surface area contributed by atoms with Crippen molar-refractivity contribution in [3.05, 3.63) is 22.4 Å². The third kappa shape index (κ3) is 3.07. The van der Waals surface area contributed by atoms with E-state index in [-0.39, 0.29) is 5.91 Å². The summed E-state index contributed by atoms with van der Waals surface area (Å²) in [4.78, 5) is 17.0. The predicted octanol–water partition coefficient (Wildman–Crippen LogP) is 1.67. The van der Waals surface area contributed by atoms with Gasteiger partial charge in [-0.1, -0.05) is 19.4 Å². The van der Waals surface area contributed by atoms with Crippen LogP contribution in [0.15, 0.2) is 17.5 Å². The number of amides is 1. The van der Waals surface area contributed by atoms with Gasteiger partial charge < -0.3 is 9.80 Å². The second-order valence-electron chi connectivity index (χ2n) is 6.40. The number of carbonyl (C=O) groups is 1. The van der Waals surface area contributed by atoms with E-state index in [1.807, 2.05) is 22.4 Å². The minimum absolute atomic E-state index is 0.232. The van der Waals surface area contributed by atoms with E-state index < -0.39 is 0 Å². The van der Waals surface area contributed by atoms with E-state index in [2.05, 4.69) is 6.92 Å². The van der Waals surface area contributed by atoms with Gasteiger partial charge in [0.05, 0.1) is 37.1 Å². The summed E-state index contributed by atoms with van der Waals surface area (Å²) in [6, 6.07) is 4.75. The normalized spacial score (nSPS) is 28.6. The second kappa shape index (κ2) is 6.27. The number of carbonyl (C=O) groups excluding carboxylic acids is 1. The molecule has 0 radical (unpaired) electrons. The highest BCUT2D eigenvalue weighted by Gasteiger charge is 2.32. The van der Waals surface area contributed by atoms with E-state index in [0.717, 1.165) is 43.0 Å². The summed E-state index contributed by atoms with van der Waals surface area (Å²) < 4.78 is 0. The van der Waals surface area contributed by atoms with Crippen LogP contribution in [0.2, 0.25) is 0 Å². The molecule has 0 spiro atoms. The third-order valence-corrected chi connectivity index (χ3v) is 5.80. The van der Waals surface area contributed by atoms with Crippen molar-refractivity contribution >= 4 is 17.2 Å². The monoisotopic (exact) mass is 293 g/mol. The van der Waals surface area contributed by atoms with Crippen molar-refractivity contribution in [3.63, 3.8) is 0 Å². The molecule has 3 rings (SSSR count). The van der Waals surface area contributed by atoms with Gasteiger partial charge in [-0.3, -0.25) is 4.79 Å². The number of hydrogen-bond acceptors (Lipinski definition) is 2. The van der Waals surface area contributed by atoms with Crippen LogP contribution in [0.5, 0.6) is 0 Å². The third-order valence-electron chi connectivity index (χ3n) is 4.94. The zero-order valence-corrected chi connectivity index (χ0v) is 13.1. The quantitative estimate of drug-likeness (QED) is 0.881. The van der Waals surface area contributed by atoms with Gasteiger partial charge >= 0.3 is 0 Å². The average Bonchev–Trinajstić information content (AvgIpc) is 3.01. The summed E-state index contributed by atoms with van der Waals surface area (Å²) >= 11 is 1.56. The van der Waals surface area contributed by atoms with Gasteiger partial charge in [-0.2, -0.15) is 0 Å². The molecule has 0 unspecified atom stereocenters. The van der Waals surface area contributed by atoms with Crippen molar-refractivity contribution in [1.29, 1.82) is 0 Å². The highest BCUT2D eigenvalue weighted by atomic mass is 32.1. The molecule has 1 saturated heterocycles. The Morgan fingerprint density at radius 3 is 2.80 bits per heavy atom. The van der Waals surface area contributed by atoms with Gasteiger partial charge in [0.15, 0.2) is 0 Å². The fraction of sp³-hybridized carbons (Fsp3) is 0.688. The lowest BCUT2D eigenvalue weighted by Gasteiger charge is -2.39. The Bertz CT molecular complexity index is 437. The summed E-state index contributed by atoms with van der Waals surface area (Å²) in [5.74, 6) is 1.13. The Labute approximate surface area is 125 Å². The van der Waals surface area contributed by atoms with Gasteiger partial charge in [0.25, 0.3) is 5.91 Å². The molecular weight excluding hydrogens is 268 g/mol. The van der Waals surface area contributed by atoms with Crippen molar-refractivity contribution in [1.82, 2.24) is 4.90 Å². The molecule has 1 saturated carbocycles. The lowest BCUT2D eigenvalue weighted by Crippen LogP contribution is -3.18. The van der Waals surface area contributed by atoms with E-state index in [1.54, 1.807) is 16.2 Å². The minimum Gasteiger partial charge on any atom is -0.330 e. The zero-order valence-electron chi connectivity index (χ0n) is 12.3. The summed E-state index contributed by atoms with van der Waals surface area (Å²) in [5, 5.41) is 1.98. The number of nitrogens with one attached hydrogen (secondary N) is 1. The molecule has 2 atom stereocenters. The van der Waals surface area contributed by atoms with Gasteiger partial charge in [0, 0.05) is 6.42 Å². The van der Waals surface area contributed by atoms with Crippen molar-refractivity contribution in [2.45, 2.75) is 38.6 Å². The molecular formula is C16H25N2OS+. The molecule has 0 aromatic carbocycles. The first-order valence-corrected chi connectivity index (χ1v) is 8.79. The maximum absolute atomic E-state index is 12.3. The molecule has 1 aromatic heterocycles. The molecule has 2 aliphatic rings. The first-order chi connectivity index (χ1) is 9.74. The number of thiophene rings is 1. The fourth-order valence-electron chi connectivity index (χ4n) is 3.77.